The van der Waals surface area contributed by atoms with Gasteiger partial charge < -0.3 is 0 Å². The molecule has 0 radical (unpaired) electrons. The lowest BCUT2D eigenvalue weighted by Gasteiger charge is -2.26. The highest BCUT2D eigenvalue weighted by Gasteiger charge is 2.20. The fraction of sp³-hybridized carbons (Fsp3) is 0.524. The Balaban J connectivity index is 1.71. The monoisotopic (exact) mass is 344 g/mol. The van der Waals surface area contributed by atoms with Crippen LogP contribution in [0.2, 0.25) is 0 Å². The maximum absolute atomic E-state index is 14.5. The lowest BCUT2D eigenvalue weighted by molar-refractivity contribution is 0.277. The van der Waals surface area contributed by atoms with E-state index in [0.717, 1.165) is 24.5 Å². The first-order valence-corrected chi connectivity index (χ1v) is 9.38. The van der Waals surface area contributed by atoms with Gasteiger partial charge in [0, 0.05) is 5.56 Å². The molecule has 1 saturated carbocycles. The molecule has 2 nitrogen and oxygen atoms in total. The van der Waals surface area contributed by atoms with Crippen molar-refractivity contribution < 1.29 is 8.78 Å². The summed E-state index contributed by atoms with van der Waals surface area (Å²) in [5.74, 6) is -0.0907. The highest BCUT2D eigenvalue weighted by Crippen LogP contribution is 2.32. The van der Waals surface area contributed by atoms with Crippen LogP contribution >= 0.6 is 0 Å². The van der Waals surface area contributed by atoms with Crippen LogP contribution < -0.4 is 0 Å². The van der Waals surface area contributed by atoms with E-state index in [-0.39, 0.29) is 5.56 Å². The van der Waals surface area contributed by atoms with Crippen molar-refractivity contribution in [1.82, 2.24) is 10.2 Å². The van der Waals surface area contributed by atoms with Crippen LogP contribution in [0.1, 0.15) is 57.2 Å². The highest BCUT2D eigenvalue weighted by atomic mass is 19.2. The Hall–Kier alpha value is -1.84. The minimum Gasteiger partial charge on any atom is -0.203 e. The second-order valence-corrected chi connectivity index (χ2v) is 7.33. The van der Waals surface area contributed by atoms with Gasteiger partial charge in [-0.05, 0) is 54.9 Å². The predicted molar refractivity (Wildman–Crippen MR) is 96.2 cm³/mol. The number of hydrogen-bond donors (Lipinski definition) is 0. The van der Waals surface area contributed by atoms with E-state index in [1.165, 1.54) is 25.7 Å². The summed E-state index contributed by atoms with van der Waals surface area (Å²) in [5, 5.41) is 8.05. The number of nitrogens with zero attached hydrogens (tertiary/aromatic N) is 2. The Morgan fingerprint density at radius 2 is 1.72 bits per heavy atom. The van der Waals surface area contributed by atoms with Gasteiger partial charge in [0.1, 0.15) is 0 Å². The molecule has 0 amide bonds. The van der Waals surface area contributed by atoms with Crippen LogP contribution in [0.5, 0.6) is 0 Å². The zero-order valence-corrected chi connectivity index (χ0v) is 15.1. The number of halogens is 2. The van der Waals surface area contributed by atoms with Crippen LogP contribution in [-0.2, 0) is 12.8 Å². The number of benzene rings is 1. The smallest absolute Gasteiger partial charge is 0.168 e. The van der Waals surface area contributed by atoms with Gasteiger partial charge in [-0.2, -0.15) is 10.2 Å². The van der Waals surface area contributed by atoms with Gasteiger partial charge in [-0.15, -0.1) is 0 Å². The second kappa shape index (κ2) is 8.03. The first-order valence-electron chi connectivity index (χ1n) is 9.38. The molecule has 1 aliphatic rings. The first kappa shape index (κ1) is 18.0. The zero-order valence-electron chi connectivity index (χ0n) is 15.1. The van der Waals surface area contributed by atoms with E-state index in [4.69, 9.17) is 0 Å². The van der Waals surface area contributed by atoms with Crippen molar-refractivity contribution in [2.24, 2.45) is 11.8 Å². The Morgan fingerprint density at radius 3 is 2.36 bits per heavy atom. The van der Waals surface area contributed by atoms with Crippen LogP contribution in [0.3, 0.4) is 0 Å². The average molecular weight is 344 g/mol. The van der Waals surface area contributed by atoms with Gasteiger partial charge in [0.2, 0.25) is 0 Å². The van der Waals surface area contributed by atoms with E-state index in [2.05, 4.69) is 17.1 Å². The van der Waals surface area contributed by atoms with E-state index >= 15 is 0 Å². The van der Waals surface area contributed by atoms with Crippen molar-refractivity contribution in [2.75, 3.05) is 0 Å². The van der Waals surface area contributed by atoms with Crippen molar-refractivity contribution in [3.05, 3.63) is 47.2 Å². The van der Waals surface area contributed by atoms with Crippen molar-refractivity contribution in [3.8, 4) is 11.3 Å². The zero-order chi connectivity index (χ0) is 17.8. The van der Waals surface area contributed by atoms with Crippen molar-refractivity contribution in [3.63, 3.8) is 0 Å². The Kier molecular flexibility index (Phi) is 5.77. The third-order valence-corrected chi connectivity index (χ3v) is 5.48. The summed E-state index contributed by atoms with van der Waals surface area (Å²) < 4.78 is 29.0. The quantitative estimate of drug-likeness (QED) is 0.691. The Morgan fingerprint density at radius 1 is 0.960 bits per heavy atom. The maximum atomic E-state index is 14.5. The number of aromatic nitrogens is 2. The average Bonchev–Trinajstić information content (AvgIpc) is 2.64. The van der Waals surface area contributed by atoms with E-state index in [9.17, 15) is 8.78 Å². The second-order valence-electron chi connectivity index (χ2n) is 7.33. The molecule has 0 bridgehead atoms. The third kappa shape index (κ3) is 4.23. The number of aryl methyl sites for hydroxylation is 2. The molecule has 0 atom stereocenters. The summed E-state index contributed by atoms with van der Waals surface area (Å²) in [6.45, 7) is 4.27. The summed E-state index contributed by atoms with van der Waals surface area (Å²) in [6.07, 6.45) is 7.24. The molecule has 1 aliphatic carbocycles. The molecule has 4 heteroatoms. The Bertz CT molecular complexity index is 705. The van der Waals surface area contributed by atoms with Gasteiger partial charge in [-0.3, -0.25) is 0 Å². The topological polar surface area (TPSA) is 25.8 Å². The molecule has 134 valence electrons. The molecule has 0 N–H and O–H groups in total. The first-order chi connectivity index (χ1) is 12.1. The molecule has 0 aliphatic heterocycles. The third-order valence-electron chi connectivity index (χ3n) is 5.48. The fourth-order valence-electron chi connectivity index (χ4n) is 3.65. The summed E-state index contributed by atoms with van der Waals surface area (Å²) in [7, 11) is 0. The summed E-state index contributed by atoms with van der Waals surface area (Å²) in [4.78, 5) is 0. The summed E-state index contributed by atoms with van der Waals surface area (Å²) in [5.41, 5.74) is 1.87. The van der Waals surface area contributed by atoms with E-state index < -0.39 is 11.6 Å². The molecule has 1 aromatic carbocycles. The molecular weight excluding hydrogens is 318 g/mol. The minimum atomic E-state index is -0.812. The maximum Gasteiger partial charge on any atom is 0.168 e. The van der Waals surface area contributed by atoms with Crippen LogP contribution in [0, 0.1) is 23.5 Å². The van der Waals surface area contributed by atoms with Crippen LogP contribution in [0.4, 0.5) is 8.78 Å². The highest BCUT2D eigenvalue weighted by molar-refractivity contribution is 5.60. The number of hydrogen-bond acceptors (Lipinski definition) is 2. The van der Waals surface area contributed by atoms with Gasteiger partial charge in [-0.25, -0.2) is 8.78 Å². The predicted octanol–water partition coefficient (Wildman–Crippen LogP) is 5.74. The van der Waals surface area contributed by atoms with Gasteiger partial charge in [0.25, 0.3) is 0 Å². The number of rotatable bonds is 5. The summed E-state index contributed by atoms with van der Waals surface area (Å²) >= 11 is 0. The largest absolute Gasteiger partial charge is 0.203 e. The van der Waals surface area contributed by atoms with E-state index in [1.807, 2.05) is 6.92 Å². The van der Waals surface area contributed by atoms with Gasteiger partial charge >= 0.3 is 0 Å². The molecular formula is C21H26F2N2. The van der Waals surface area contributed by atoms with Gasteiger partial charge in [0.15, 0.2) is 11.6 Å². The van der Waals surface area contributed by atoms with Crippen LogP contribution in [0.15, 0.2) is 24.3 Å². The normalized spacial score (nSPS) is 20.6. The van der Waals surface area contributed by atoms with Crippen LogP contribution in [-0.4, -0.2) is 10.2 Å². The lowest BCUT2D eigenvalue weighted by atomic mass is 9.80. The van der Waals surface area contributed by atoms with E-state index in [0.29, 0.717) is 23.6 Å². The van der Waals surface area contributed by atoms with Gasteiger partial charge in [0.05, 0.1) is 11.4 Å². The summed E-state index contributed by atoms with van der Waals surface area (Å²) in [6, 6.07) is 6.84. The van der Waals surface area contributed by atoms with Crippen molar-refractivity contribution >= 4 is 0 Å². The van der Waals surface area contributed by atoms with Crippen molar-refractivity contribution in [1.29, 1.82) is 0 Å². The molecule has 3 rings (SSSR count). The van der Waals surface area contributed by atoms with Crippen molar-refractivity contribution in [2.45, 2.75) is 58.8 Å². The lowest BCUT2D eigenvalue weighted by Crippen LogP contribution is -2.13. The van der Waals surface area contributed by atoms with Crippen LogP contribution in [0.25, 0.3) is 11.3 Å². The van der Waals surface area contributed by atoms with E-state index in [1.54, 1.807) is 24.3 Å². The molecule has 1 fully saturated rings. The fourth-order valence-corrected chi connectivity index (χ4v) is 3.65. The molecule has 25 heavy (non-hydrogen) atoms. The molecule has 1 heterocycles. The Labute approximate surface area is 148 Å². The van der Waals surface area contributed by atoms with Gasteiger partial charge in [-0.1, -0.05) is 45.6 Å². The molecule has 0 unspecified atom stereocenters. The SMILES string of the molecule is CCc1ccc(-c2ccc(CCC3CCC(C)CC3)c(F)c2F)nn1. The molecule has 0 saturated heterocycles. The molecule has 2 aromatic rings. The standard InChI is InChI=1S/C21H26F2N2/c1-3-17-11-13-19(25-24-17)18-12-10-16(20(22)21(18)23)9-8-15-6-4-14(2)5-7-15/h10-15H,3-9H2,1-2H3. The molecule has 1 aromatic heterocycles. The minimum absolute atomic E-state index is 0.183. The molecule has 0 spiro atoms.